The minimum atomic E-state index is -2.81. The Hall–Kier alpha value is -3.82. The first-order chi connectivity index (χ1) is 16.0. The van der Waals surface area contributed by atoms with Gasteiger partial charge in [0.1, 0.15) is 18.2 Å². The summed E-state index contributed by atoms with van der Waals surface area (Å²) in [7, 11) is 0. The van der Waals surface area contributed by atoms with Crippen LogP contribution in [0.3, 0.4) is 0 Å². The third-order valence-electron chi connectivity index (χ3n) is 4.80. The molecule has 0 aliphatic carbocycles. The number of rotatable bonds is 8. The molecule has 0 radical (unpaired) electrons. The minimum absolute atomic E-state index is 0.00404. The fourth-order valence-corrected chi connectivity index (χ4v) is 3.98. The number of para-hydroxylation sites is 2. The van der Waals surface area contributed by atoms with Crippen molar-refractivity contribution < 1.29 is 22.7 Å². The quantitative estimate of drug-likeness (QED) is 0.313. The lowest BCUT2D eigenvalue weighted by Crippen LogP contribution is -2.30. The first kappa shape index (κ1) is 22.4. The molecule has 0 bridgehead atoms. The zero-order valence-electron chi connectivity index (χ0n) is 17.3. The van der Waals surface area contributed by atoms with Gasteiger partial charge in [0.15, 0.2) is 0 Å². The molecule has 1 amide bonds. The molecule has 7 nitrogen and oxygen atoms in total. The van der Waals surface area contributed by atoms with Crippen LogP contribution in [-0.4, -0.2) is 32.8 Å². The Labute approximate surface area is 192 Å². The van der Waals surface area contributed by atoms with Crippen molar-refractivity contribution in [2.75, 3.05) is 17.5 Å². The lowest BCUT2D eigenvalue weighted by atomic mass is 10.1. The van der Waals surface area contributed by atoms with E-state index in [0.29, 0.717) is 11.3 Å². The van der Waals surface area contributed by atoms with Gasteiger partial charge in [0.2, 0.25) is 0 Å². The van der Waals surface area contributed by atoms with E-state index in [1.807, 2.05) is 18.2 Å². The second-order valence-corrected chi connectivity index (χ2v) is 7.74. The molecular formula is C24H19FN3O4S-. The number of nitrogens with one attached hydrogen (secondary N) is 1. The zero-order chi connectivity index (χ0) is 23.2. The van der Waals surface area contributed by atoms with Crippen molar-refractivity contribution >= 4 is 39.5 Å². The maximum atomic E-state index is 14.0. The van der Waals surface area contributed by atoms with Gasteiger partial charge in [0.25, 0.3) is 5.91 Å². The lowest BCUT2D eigenvalue weighted by molar-refractivity contribution is 0.0947. The van der Waals surface area contributed by atoms with Crippen LogP contribution < -0.4 is 14.4 Å². The minimum Gasteiger partial charge on any atom is -0.755 e. The fraction of sp³-hybridized carbons (Fsp3) is 0.0833. The van der Waals surface area contributed by atoms with Crippen LogP contribution in [0.5, 0.6) is 5.75 Å². The van der Waals surface area contributed by atoms with Gasteiger partial charge in [-0.15, -0.1) is 0 Å². The number of carbonyl (C=O) groups excluding carboxylic acids is 1. The van der Waals surface area contributed by atoms with Crippen LogP contribution in [0.25, 0.3) is 10.9 Å². The molecule has 0 aliphatic heterocycles. The van der Waals surface area contributed by atoms with Gasteiger partial charge in [-0.05, 0) is 42.5 Å². The molecule has 9 heteroatoms. The predicted molar refractivity (Wildman–Crippen MR) is 123 cm³/mol. The van der Waals surface area contributed by atoms with E-state index >= 15 is 0 Å². The van der Waals surface area contributed by atoms with Crippen LogP contribution >= 0.6 is 0 Å². The van der Waals surface area contributed by atoms with Gasteiger partial charge < -0.3 is 14.6 Å². The van der Waals surface area contributed by atoms with E-state index in [9.17, 15) is 17.9 Å². The standard InChI is InChI=1S/C24H20FN3O4S/c25-18-11-12-21(20(16-18)24(29)27-14-15-32-19-8-2-1-3-9-19)28(33(30)31)22-10-4-6-17-7-5-13-26-23(17)22/h1-13,16H,14-15H2,(H,27,29)(H,30,31)/p-1. The normalized spacial score (nSPS) is 11.7. The van der Waals surface area contributed by atoms with E-state index in [2.05, 4.69) is 10.3 Å². The maximum Gasteiger partial charge on any atom is 0.253 e. The number of hydrogen-bond acceptors (Lipinski definition) is 5. The van der Waals surface area contributed by atoms with Gasteiger partial charge >= 0.3 is 0 Å². The first-order valence-electron chi connectivity index (χ1n) is 10.0. The monoisotopic (exact) mass is 464 g/mol. The highest BCUT2D eigenvalue weighted by molar-refractivity contribution is 7.81. The molecule has 1 aromatic heterocycles. The molecule has 0 saturated carbocycles. The summed E-state index contributed by atoms with van der Waals surface area (Å²) in [5.41, 5.74) is 0.543. The molecule has 1 N–H and O–H groups in total. The Morgan fingerprint density at radius 1 is 1.03 bits per heavy atom. The number of aromatic nitrogens is 1. The first-order valence-corrected chi connectivity index (χ1v) is 11.1. The van der Waals surface area contributed by atoms with E-state index in [1.54, 1.807) is 48.7 Å². The second-order valence-electron chi connectivity index (χ2n) is 6.94. The number of fused-ring (bicyclic) bond motifs is 1. The van der Waals surface area contributed by atoms with E-state index in [-0.39, 0.29) is 30.1 Å². The summed E-state index contributed by atoms with van der Waals surface area (Å²) in [6.45, 7) is 0.324. The van der Waals surface area contributed by atoms with E-state index in [0.717, 1.165) is 21.8 Å². The van der Waals surface area contributed by atoms with Crippen molar-refractivity contribution in [3.63, 3.8) is 0 Å². The molecule has 33 heavy (non-hydrogen) atoms. The van der Waals surface area contributed by atoms with Crippen molar-refractivity contribution in [2.45, 2.75) is 0 Å². The summed E-state index contributed by atoms with van der Waals surface area (Å²) in [5, 5.41) is 3.36. The Balaban J connectivity index is 1.62. The van der Waals surface area contributed by atoms with Gasteiger partial charge in [0, 0.05) is 11.6 Å². The van der Waals surface area contributed by atoms with Crippen LogP contribution in [0, 0.1) is 5.82 Å². The van der Waals surface area contributed by atoms with Crippen LogP contribution in [0.1, 0.15) is 10.4 Å². The Morgan fingerprint density at radius 3 is 2.61 bits per heavy atom. The summed E-state index contributed by atoms with van der Waals surface area (Å²) in [4.78, 5) is 17.2. The highest BCUT2D eigenvalue weighted by atomic mass is 32.2. The third kappa shape index (κ3) is 5.16. The third-order valence-corrected chi connectivity index (χ3v) is 5.49. The molecule has 4 rings (SSSR count). The number of anilines is 2. The van der Waals surface area contributed by atoms with Crippen LogP contribution in [0.2, 0.25) is 0 Å². The van der Waals surface area contributed by atoms with Crippen molar-refractivity contribution in [3.05, 3.63) is 96.4 Å². The van der Waals surface area contributed by atoms with Gasteiger partial charge in [-0.3, -0.25) is 18.3 Å². The number of benzene rings is 3. The Morgan fingerprint density at radius 2 is 1.82 bits per heavy atom. The van der Waals surface area contributed by atoms with Gasteiger partial charge in [0.05, 0.1) is 40.3 Å². The fourth-order valence-electron chi connectivity index (χ4n) is 3.35. The highest BCUT2D eigenvalue weighted by Gasteiger charge is 2.21. The van der Waals surface area contributed by atoms with Crippen molar-refractivity contribution in [1.29, 1.82) is 0 Å². The largest absolute Gasteiger partial charge is 0.755 e. The highest BCUT2D eigenvalue weighted by Crippen LogP contribution is 2.34. The Bertz CT molecular complexity index is 1300. The van der Waals surface area contributed by atoms with Gasteiger partial charge in [-0.1, -0.05) is 36.4 Å². The number of ether oxygens (including phenoxy) is 1. The lowest BCUT2D eigenvalue weighted by Gasteiger charge is -2.28. The molecular weight excluding hydrogens is 445 g/mol. The zero-order valence-corrected chi connectivity index (χ0v) is 18.1. The topological polar surface area (TPSA) is 94.6 Å². The average molecular weight is 464 g/mol. The van der Waals surface area contributed by atoms with Crippen molar-refractivity contribution in [3.8, 4) is 5.75 Å². The smallest absolute Gasteiger partial charge is 0.253 e. The summed E-state index contributed by atoms with van der Waals surface area (Å²) < 4.78 is 45.1. The number of pyridine rings is 1. The molecule has 0 aliphatic rings. The molecule has 0 spiro atoms. The summed E-state index contributed by atoms with van der Waals surface area (Å²) in [5.74, 6) is -0.656. The molecule has 0 saturated heterocycles. The number of carbonyl (C=O) groups is 1. The molecule has 0 fully saturated rings. The molecule has 168 valence electrons. The molecule has 3 aromatic carbocycles. The molecule has 1 atom stereocenters. The molecule has 4 aromatic rings. The molecule has 1 unspecified atom stereocenters. The SMILES string of the molecule is O=C(NCCOc1ccccc1)c1cc(F)ccc1N(c1cccc2cccnc12)S(=O)[O-]. The number of hydrogen-bond donors (Lipinski definition) is 1. The average Bonchev–Trinajstić information content (AvgIpc) is 2.83. The Kier molecular flexibility index (Phi) is 6.92. The van der Waals surface area contributed by atoms with E-state index in [1.165, 1.54) is 6.07 Å². The van der Waals surface area contributed by atoms with Crippen molar-refractivity contribution in [1.82, 2.24) is 10.3 Å². The maximum absolute atomic E-state index is 14.0. The van der Waals surface area contributed by atoms with E-state index in [4.69, 9.17) is 4.74 Å². The van der Waals surface area contributed by atoms with Gasteiger partial charge in [-0.25, -0.2) is 4.39 Å². The summed E-state index contributed by atoms with van der Waals surface area (Å²) in [6, 6.07) is 21.0. The number of nitrogens with zero attached hydrogens (tertiary/aromatic N) is 2. The van der Waals surface area contributed by atoms with Crippen LogP contribution in [0.4, 0.5) is 15.8 Å². The van der Waals surface area contributed by atoms with Crippen LogP contribution in [0.15, 0.2) is 85.1 Å². The molecule has 1 heterocycles. The summed E-state index contributed by atoms with van der Waals surface area (Å²) >= 11 is -2.81. The second kappa shape index (κ2) is 10.2. The van der Waals surface area contributed by atoms with Gasteiger partial charge in [-0.2, -0.15) is 0 Å². The van der Waals surface area contributed by atoms with Crippen molar-refractivity contribution in [2.24, 2.45) is 0 Å². The number of halogens is 1. The van der Waals surface area contributed by atoms with Crippen LogP contribution in [-0.2, 0) is 11.3 Å². The van der Waals surface area contributed by atoms with E-state index < -0.39 is 23.0 Å². The predicted octanol–water partition coefficient (Wildman–Crippen LogP) is 4.11. The number of amides is 1. The summed E-state index contributed by atoms with van der Waals surface area (Å²) in [6.07, 6.45) is 1.54.